The lowest BCUT2D eigenvalue weighted by molar-refractivity contribution is -0.121. The molecule has 2 heterocycles. The van der Waals surface area contributed by atoms with E-state index in [2.05, 4.69) is 15.5 Å². The smallest absolute Gasteiger partial charge is 0.250 e. The number of hydrazone groups is 1. The van der Waals surface area contributed by atoms with Crippen molar-refractivity contribution in [2.24, 2.45) is 16.8 Å². The number of nitrogens with zero attached hydrogens (tertiary/aromatic N) is 2. The number of hydrogen-bond donors (Lipinski definition) is 2. The van der Waals surface area contributed by atoms with Gasteiger partial charge in [-0.05, 0) is 29.2 Å². The van der Waals surface area contributed by atoms with E-state index in [-0.39, 0.29) is 11.8 Å². The molecule has 1 aliphatic heterocycles. The lowest BCUT2D eigenvalue weighted by Crippen LogP contribution is -2.31. The molecular weight excluding hydrogens is 292 g/mol. The van der Waals surface area contributed by atoms with E-state index in [1.165, 1.54) is 6.20 Å². The van der Waals surface area contributed by atoms with Gasteiger partial charge in [-0.15, -0.1) is 0 Å². The second-order valence-electron chi connectivity index (χ2n) is 5.79. The molecule has 1 aromatic heterocycles. The average molecular weight is 306 g/mol. The van der Waals surface area contributed by atoms with Gasteiger partial charge in [0.05, 0.1) is 11.3 Å². The van der Waals surface area contributed by atoms with E-state index in [0.29, 0.717) is 12.0 Å². The van der Waals surface area contributed by atoms with Gasteiger partial charge in [0.1, 0.15) is 0 Å². The number of pyridine rings is 1. The molecule has 6 heteroatoms. The van der Waals surface area contributed by atoms with Gasteiger partial charge in [0.25, 0.3) is 5.91 Å². The lowest BCUT2D eigenvalue weighted by Gasteiger charge is -2.15. The third kappa shape index (κ3) is 2.19. The Labute approximate surface area is 132 Å². The predicted molar refractivity (Wildman–Crippen MR) is 84.7 cm³/mol. The number of rotatable bonds is 2. The summed E-state index contributed by atoms with van der Waals surface area (Å²) in [5, 5.41) is 4.20. The quantitative estimate of drug-likeness (QED) is 0.873. The first-order valence-corrected chi connectivity index (χ1v) is 7.37. The minimum atomic E-state index is -0.499. The van der Waals surface area contributed by atoms with Crippen LogP contribution in [-0.2, 0) is 11.2 Å². The van der Waals surface area contributed by atoms with Gasteiger partial charge in [0.2, 0.25) is 5.91 Å². The number of hydrogen-bond acceptors (Lipinski definition) is 4. The van der Waals surface area contributed by atoms with E-state index in [1.54, 1.807) is 12.3 Å². The topological polar surface area (TPSA) is 97.4 Å². The van der Waals surface area contributed by atoms with Crippen molar-refractivity contribution in [3.05, 3.63) is 53.3 Å². The van der Waals surface area contributed by atoms with Crippen LogP contribution < -0.4 is 11.2 Å². The zero-order valence-electron chi connectivity index (χ0n) is 12.2. The summed E-state index contributed by atoms with van der Waals surface area (Å²) in [6.45, 7) is 0. The zero-order chi connectivity index (χ0) is 16.0. The van der Waals surface area contributed by atoms with Gasteiger partial charge in [0, 0.05) is 30.3 Å². The SMILES string of the molecule is NC(=O)c1cnccc1-c1ccc2c(c1)CC1CC(=O)NN=C21. The first kappa shape index (κ1) is 13.6. The van der Waals surface area contributed by atoms with Gasteiger partial charge in [-0.2, -0.15) is 5.10 Å². The highest BCUT2D eigenvalue weighted by atomic mass is 16.2. The molecule has 2 aliphatic rings. The van der Waals surface area contributed by atoms with Crippen LogP contribution in [0.15, 0.2) is 41.8 Å². The van der Waals surface area contributed by atoms with Crippen LogP contribution in [0.25, 0.3) is 11.1 Å². The lowest BCUT2D eigenvalue weighted by atomic mass is 9.97. The highest BCUT2D eigenvalue weighted by Gasteiger charge is 2.33. The molecule has 6 nitrogen and oxygen atoms in total. The van der Waals surface area contributed by atoms with Crippen LogP contribution in [0.3, 0.4) is 0 Å². The molecule has 1 atom stereocenters. The molecule has 1 aromatic carbocycles. The molecule has 0 fully saturated rings. The third-order valence-electron chi connectivity index (χ3n) is 4.36. The summed E-state index contributed by atoms with van der Waals surface area (Å²) < 4.78 is 0. The van der Waals surface area contributed by atoms with Crippen LogP contribution in [0.5, 0.6) is 0 Å². The second kappa shape index (κ2) is 5.01. The van der Waals surface area contributed by atoms with Gasteiger partial charge < -0.3 is 5.73 Å². The van der Waals surface area contributed by atoms with Crippen LogP contribution in [-0.4, -0.2) is 22.5 Å². The summed E-state index contributed by atoms with van der Waals surface area (Å²) in [5.74, 6) is -0.402. The maximum Gasteiger partial charge on any atom is 0.250 e. The van der Waals surface area contributed by atoms with Crippen molar-refractivity contribution in [3.63, 3.8) is 0 Å². The Hall–Kier alpha value is -3.02. The van der Waals surface area contributed by atoms with Crippen LogP contribution in [0.4, 0.5) is 0 Å². The molecule has 0 spiro atoms. The largest absolute Gasteiger partial charge is 0.366 e. The third-order valence-corrected chi connectivity index (χ3v) is 4.36. The van der Waals surface area contributed by atoms with Crippen molar-refractivity contribution in [2.45, 2.75) is 12.8 Å². The number of fused-ring (bicyclic) bond motifs is 3. The predicted octanol–water partition coefficient (Wildman–Crippen LogP) is 1.24. The Morgan fingerprint density at radius 2 is 2.09 bits per heavy atom. The molecule has 0 radical (unpaired) electrons. The van der Waals surface area contributed by atoms with Crippen molar-refractivity contribution in [1.29, 1.82) is 0 Å². The summed E-state index contributed by atoms with van der Waals surface area (Å²) in [5.41, 5.74) is 13.2. The molecule has 0 saturated carbocycles. The van der Waals surface area contributed by atoms with Crippen LogP contribution >= 0.6 is 0 Å². The van der Waals surface area contributed by atoms with Gasteiger partial charge in [0.15, 0.2) is 0 Å². The van der Waals surface area contributed by atoms with E-state index in [4.69, 9.17) is 5.73 Å². The summed E-state index contributed by atoms with van der Waals surface area (Å²) >= 11 is 0. The number of aromatic nitrogens is 1. The summed E-state index contributed by atoms with van der Waals surface area (Å²) in [7, 11) is 0. The van der Waals surface area contributed by atoms with Gasteiger partial charge in [-0.1, -0.05) is 18.2 Å². The molecule has 2 aromatic rings. The standard InChI is InChI=1S/C17H14N4O2/c18-17(23)14-8-19-4-3-12(14)9-1-2-13-10(5-9)6-11-7-15(22)20-21-16(11)13/h1-5,8,11H,6-7H2,(H2,18,23)(H,20,22). The molecule has 0 saturated heterocycles. The van der Waals surface area contributed by atoms with Crippen molar-refractivity contribution in [3.8, 4) is 11.1 Å². The van der Waals surface area contributed by atoms with Crippen LogP contribution in [0.2, 0.25) is 0 Å². The number of nitrogens with one attached hydrogen (secondary N) is 1. The highest BCUT2D eigenvalue weighted by molar-refractivity contribution is 6.10. The number of carbonyl (C=O) groups is 2. The molecular formula is C17H14N4O2. The Kier molecular flexibility index (Phi) is 2.97. The maximum absolute atomic E-state index is 11.6. The van der Waals surface area contributed by atoms with E-state index in [0.717, 1.165) is 34.4 Å². The molecule has 0 bridgehead atoms. The fourth-order valence-corrected chi connectivity index (χ4v) is 3.32. The Morgan fingerprint density at radius 3 is 2.91 bits per heavy atom. The number of nitrogens with two attached hydrogens (primary N) is 1. The van der Waals surface area contributed by atoms with Crippen molar-refractivity contribution >= 4 is 17.5 Å². The minimum absolute atomic E-state index is 0.0445. The van der Waals surface area contributed by atoms with Crippen molar-refractivity contribution < 1.29 is 9.59 Å². The molecule has 1 aliphatic carbocycles. The Morgan fingerprint density at radius 1 is 1.22 bits per heavy atom. The van der Waals surface area contributed by atoms with Crippen molar-refractivity contribution in [1.82, 2.24) is 10.4 Å². The highest BCUT2D eigenvalue weighted by Crippen LogP contribution is 2.34. The molecule has 23 heavy (non-hydrogen) atoms. The zero-order valence-corrected chi connectivity index (χ0v) is 12.2. The average Bonchev–Trinajstić information content (AvgIpc) is 2.91. The second-order valence-corrected chi connectivity index (χ2v) is 5.79. The molecule has 1 unspecified atom stereocenters. The number of amides is 2. The summed E-state index contributed by atoms with van der Waals surface area (Å²) in [6.07, 6.45) is 4.37. The fourth-order valence-electron chi connectivity index (χ4n) is 3.32. The number of benzene rings is 1. The van der Waals surface area contributed by atoms with E-state index in [9.17, 15) is 9.59 Å². The normalized spacial score (nSPS) is 18.7. The Balaban J connectivity index is 1.78. The van der Waals surface area contributed by atoms with Gasteiger partial charge >= 0.3 is 0 Å². The van der Waals surface area contributed by atoms with E-state index >= 15 is 0 Å². The summed E-state index contributed by atoms with van der Waals surface area (Å²) in [4.78, 5) is 27.0. The Bertz CT molecular complexity index is 873. The number of primary amides is 1. The molecule has 2 amide bonds. The summed E-state index contributed by atoms with van der Waals surface area (Å²) in [6, 6.07) is 7.77. The molecule has 4 rings (SSSR count). The molecule has 3 N–H and O–H groups in total. The first-order valence-electron chi connectivity index (χ1n) is 7.37. The van der Waals surface area contributed by atoms with Crippen molar-refractivity contribution in [2.75, 3.05) is 0 Å². The fraction of sp³-hybridized carbons (Fsp3) is 0.176. The number of carbonyl (C=O) groups excluding carboxylic acids is 2. The maximum atomic E-state index is 11.6. The minimum Gasteiger partial charge on any atom is -0.366 e. The van der Waals surface area contributed by atoms with Crippen LogP contribution in [0, 0.1) is 5.92 Å². The van der Waals surface area contributed by atoms with Gasteiger partial charge in [-0.3, -0.25) is 14.6 Å². The van der Waals surface area contributed by atoms with Gasteiger partial charge in [-0.25, -0.2) is 5.43 Å². The molecule has 114 valence electrons. The monoisotopic (exact) mass is 306 g/mol. The van der Waals surface area contributed by atoms with E-state index in [1.807, 2.05) is 18.2 Å². The van der Waals surface area contributed by atoms with Crippen LogP contribution in [0.1, 0.15) is 27.9 Å². The first-order chi connectivity index (χ1) is 11.1. The van der Waals surface area contributed by atoms with E-state index < -0.39 is 5.91 Å².